The van der Waals surface area contributed by atoms with Crippen molar-refractivity contribution in [3.63, 3.8) is 0 Å². The number of anilines is 3. The van der Waals surface area contributed by atoms with Crippen LogP contribution in [0.2, 0.25) is 0 Å². The number of hydrogen-bond acceptors (Lipinski definition) is 4. The molecule has 8 heteroatoms. The molecule has 6 nitrogen and oxygen atoms in total. The van der Waals surface area contributed by atoms with Gasteiger partial charge in [0, 0.05) is 5.69 Å². The van der Waals surface area contributed by atoms with E-state index in [-0.39, 0.29) is 11.6 Å². The van der Waals surface area contributed by atoms with Crippen molar-refractivity contribution in [2.75, 3.05) is 9.80 Å². The topological polar surface area (TPSA) is 41.1 Å². The van der Waals surface area contributed by atoms with E-state index >= 15 is 0 Å². The van der Waals surface area contributed by atoms with Crippen molar-refractivity contribution in [1.82, 2.24) is 14.0 Å². The van der Waals surface area contributed by atoms with Crippen molar-refractivity contribution in [2.24, 2.45) is 4.99 Å². The molecule has 2 aromatic heterocycles. The maximum Gasteiger partial charge on any atom is 0.216 e. The van der Waals surface area contributed by atoms with Gasteiger partial charge in [-0.15, -0.1) is 0 Å². The number of fused-ring (bicyclic) bond motifs is 10. The lowest BCUT2D eigenvalue weighted by molar-refractivity contribution is 0.432. The summed E-state index contributed by atoms with van der Waals surface area (Å²) in [4.78, 5) is 15.8. The van der Waals surface area contributed by atoms with Crippen LogP contribution in [0, 0.1) is 0 Å². The summed E-state index contributed by atoms with van der Waals surface area (Å²) in [5.41, 5.74) is 7.05. The average Bonchev–Trinajstić information content (AvgIpc) is 4.34. The number of aromatic nitrogens is 3. The van der Waals surface area contributed by atoms with Crippen LogP contribution in [0.1, 0.15) is 20.3 Å². The third-order valence-corrected chi connectivity index (χ3v) is 26.9. The Kier molecular flexibility index (Phi) is 10.5. The van der Waals surface area contributed by atoms with Gasteiger partial charge in [-0.25, -0.2) is 9.98 Å². The Hall–Kier alpha value is -9.09. The monoisotopic (exact) mass is 1040 g/mol. The fourth-order valence-electron chi connectivity index (χ4n) is 13.9. The minimum atomic E-state index is -3.09. The SMILES string of the molecule is CC12C=CC=CC1N1C(=N2)N(c2cccc([Si](c3ccccc3)(c3ccccc3)c3ccc([Si](C4=CC(C)(n5c6ccccc6n6c7ccccc7nc56)CC=C4)(c4ccccc4)c4ccccc4)cc3)c2)c2ccccc21. The van der Waals surface area contributed by atoms with Gasteiger partial charge in [-0.05, 0) is 110 Å². The van der Waals surface area contributed by atoms with Gasteiger partial charge in [0.2, 0.25) is 11.7 Å². The van der Waals surface area contributed by atoms with Crippen molar-refractivity contribution in [1.29, 1.82) is 0 Å². The van der Waals surface area contributed by atoms with Gasteiger partial charge in [0.05, 0.1) is 45.0 Å². The summed E-state index contributed by atoms with van der Waals surface area (Å²) in [6.45, 7) is 4.66. The summed E-state index contributed by atoms with van der Waals surface area (Å²) >= 11 is 0. The normalized spacial score (nSPS) is 19.5. The molecular weight excluding hydrogens is 981 g/mol. The van der Waals surface area contributed by atoms with Gasteiger partial charge in [0.1, 0.15) is 5.54 Å². The maximum absolute atomic E-state index is 5.55. The van der Waals surface area contributed by atoms with E-state index in [2.05, 4.69) is 318 Å². The van der Waals surface area contributed by atoms with Gasteiger partial charge in [-0.2, -0.15) is 0 Å². The van der Waals surface area contributed by atoms with Crippen LogP contribution >= 0.6 is 0 Å². The molecule has 0 saturated carbocycles. The molecule has 0 radical (unpaired) electrons. The molecular formula is C70H56N6Si2. The van der Waals surface area contributed by atoms with Crippen molar-refractivity contribution >= 4 is 103 Å². The van der Waals surface area contributed by atoms with E-state index in [0.29, 0.717) is 0 Å². The Bertz CT molecular complexity index is 4210. The van der Waals surface area contributed by atoms with Gasteiger partial charge in [0.15, 0.2) is 16.1 Å². The summed E-state index contributed by atoms with van der Waals surface area (Å²) in [7, 11) is -6.18. The number of rotatable bonds is 10. The van der Waals surface area contributed by atoms with E-state index < -0.39 is 21.7 Å². The third kappa shape index (κ3) is 6.66. The summed E-state index contributed by atoms with van der Waals surface area (Å²) in [5, 5.41) is 10.7. The van der Waals surface area contributed by atoms with Crippen LogP contribution in [0.25, 0.3) is 27.8 Å². The molecule has 78 heavy (non-hydrogen) atoms. The smallest absolute Gasteiger partial charge is 0.216 e. The van der Waals surface area contributed by atoms with Crippen molar-refractivity contribution < 1.29 is 0 Å². The molecule has 9 aromatic carbocycles. The first-order chi connectivity index (χ1) is 38.4. The zero-order chi connectivity index (χ0) is 52.1. The van der Waals surface area contributed by atoms with Crippen LogP contribution in [0.3, 0.4) is 0 Å². The molecule has 3 atom stereocenters. The molecule has 0 amide bonds. The van der Waals surface area contributed by atoms with Gasteiger partial charge in [-0.3, -0.25) is 13.9 Å². The number of imidazole rings is 2. The van der Waals surface area contributed by atoms with Gasteiger partial charge >= 0.3 is 0 Å². The molecule has 0 bridgehead atoms. The highest BCUT2D eigenvalue weighted by Gasteiger charge is 2.51. The number of allylic oxidation sites excluding steroid dienone is 6. The Morgan fingerprint density at radius 3 is 1.67 bits per heavy atom. The number of benzene rings is 9. The number of nitrogens with zero attached hydrogens (tertiary/aromatic N) is 6. The van der Waals surface area contributed by atoms with E-state index in [1.54, 1.807) is 0 Å². The second-order valence-electron chi connectivity index (χ2n) is 21.7. The van der Waals surface area contributed by atoms with Crippen molar-refractivity contribution in [3.8, 4) is 0 Å². The summed E-state index contributed by atoms with van der Waals surface area (Å²) in [5.74, 6) is 1.92. The quantitative estimate of drug-likeness (QED) is 0.101. The molecule has 4 heterocycles. The standard InChI is InChI=1S/C70H56N6Si2/c1-69(76-65-41-20-19-40-64(65)74-61-37-16-15-36-60(61)71-67(74)76)47-24-35-59(50-69)78(54-30-11-5-12-31-54,55-32-13-6-14-33-55)57-45-43-56(44-46-57)77(52-26-7-3-8-27-52,53-28-9-4-10-29-53)58-34-23-25-51(49-58)73-62-38-17-18-39-63(62)75-66-42-21-22-48-70(66,2)72-68(73)75/h3-46,48-50,66H,47H2,1-2H3. The van der Waals surface area contributed by atoms with E-state index in [4.69, 9.17) is 9.98 Å². The molecule has 374 valence electrons. The van der Waals surface area contributed by atoms with Crippen LogP contribution in [-0.2, 0) is 5.54 Å². The lowest BCUT2D eigenvalue weighted by Gasteiger charge is -2.40. The first kappa shape index (κ1) is 46.2. The second kappa shape index (κ2) is 17.7. The Labute approximate surface area is 457 Å². The van der Waals surface area contributed by atoms with E-state index in [9.17, 15) is 0 Å². The Morgan fingerprint density at radius 2 is 1.01 bits per heavy atom. The number of para-hydroxylation sites is 6. The van der Waals surface area contributed by atoms with Crippen molar-refractivity contribution in [3.05, 3.63) is 290 Å². The third-order valence-electron chi connectivity index (χ3n) is 17.3. The lowest BCUT2D eigenvalue weighted by Crippen LogP contribution is -2.75. The van der Waals surface area contributed by atoms with E-state index in [1.807, 2.05) is 0 Å². The highest BCUT2D eigenvalue weighted by Crippen LogP contribution is 2.49. The summed E-state index contributed by atoms with van der Waals surface area (Å²) in [6, 6.07) is 91.1. The zero-order valence-corrected chi connectivity index (χ0v) is 45.6. The molecule has 2 aliphatic heterocycles. The summed E-state index contributed by atoms with van der Waals surface area (Å²) < 4.78 is 4.87. The van der Waals surface area contributed by atoms with Gasteiger partial charge in [-0.1, -0.05) is 237 Å². The first-order valence-corrected chi connectivity index (χ1v) is 31.3. The summed E-state index contributed by atoms with van der Waals surface area (Å²) in [6.07, 6.45) is 17.2. The fraction of sp³-hybridized carbons (Fsp3) is 0.0857. The van der Waals surface area contributed by atoms with Crippen LogP contribution in [0.15, 0.2) is 295 Å². The predicted molar refractivity (Wildman–Crippen MR) is 330 cm³/mol. The minimum absolute atomic E-state index is 0.0883. The van der Waals surface area contributed by atoms with Crippen LogP contribution in [0.4, 0.5) is 17.1 Å². The zero-order valence-electron chi connectivity index (χ0n) is 43.6. The molecule has 0 fully saturated rings. The maximum atomic E-state index is 5.55. The molecule has 0 N–H and O–H groups in total. The van der Waals surface area contributed by atoms with Crippen LogP contribution in [0.5, 0.6) is 0 Å². The second-order valence-corrected chi connectivity index (χ2v) is 29.4. The minimum Gasteiger partial charge on any atom is -0.300 e. The largest absolute Gasteiger partial charge is 0.300 e. The molecule has 2 aliphatic carbocycles. The Morgan fingerprint density at radius 1 is 0.487 bits per heavy atom. The number of hydrogen-bond donors (Lipinski definition) is 0. The highest BCUT2D eigenvalue weighted by atomic mass is 28.3. The number of guanidine groups is 1. The van der Waals surface area contributed by atoms with Gasteiger partial charge < -0.3 is 4.90 Å². The molecule has 0 saturated heterocycles. The highest BCUT2D eigenvalue weighted by molar-refractivity contribution is 7.20. The molecule has 3 unspecified atom stereocenters. The van der Waals surface area contributed by atoms with Gasteiger partial charge in [0.25, 0.3) is 0 Å². The molecule has 15 rings (SSSR count). The fourth-order valence-corrected chi connectivity index (χ4v) is 23.6. The van der Waals surface area contributed by atoms with Crippen LogP contribution < -0.4 is 46.1 Å². The van der Waals surface area contributed by atoms with Crippen molar-refractivity contribution in [2.45, 2.75) is 37.4 Å². The van der Waals surface area contributed by atoms with E-state index in [0.717, 1.165) is 46.1 Å². The average molecular weight is 1040 g/mol. The van der Waals surface area contributed by atoms with Crippen LogP contribution in [-0.4, -0.2) is 47.6 Å². The molecule has 0 spiro atoms. The van der Waals surface area contributed by atoms with E-state index in [1.165, 1.54) is 52.7 Å². The first-order valence-electron chi connectivity index (χ1n) is 27.3. The lowest BCUT2D eigenvalue weighted by atomic mass is 9.89. The Balaban J connectivity index is 0.946. The number of aliphatic imine (C=N–C) groups is 1. The molecule has 4 aliphatic rings. The predicted octanol–water partition coefficient (Wildman–Crippen LogP) is 10.7. The molecule has 11 aromatic rings.